The van der Waals surface area contributed by atoms with Gasteiger partial charge in [-0.15, -0.1) is 0 Å². The molecule has 1 unspecified atom stereocenters. The van der Waals surface area contributed by atoms with Crippen LogP contribution in [0.2, 0.25) is 0 Å². The van der Waals surface area contributed by atoms with E-state index in [1.165, 1.54) is 12.1 Å². The summed E-state index contributed by atoms with van der Waals surface area (Å²) in [6, 6.07) is 3.51. The molecule has 0 aliphatic carbocycles. The molecular formula is C11H13BrFNO2. The van der Waals surface area contributed by atoms with Crippen LogP contribution in [0.25, 0.3) is 0 Å². The fourth-order valence-electron chi connectivity index (χ4n) is 1.27. The Balaban J connectivity index is 2.72. The van der Waals surface area contributed by atoms with Crippen LogP contribution >= 0.6 is 15.9 Å². The lowest BCUT2D eigenvalue weighted by Crippen LogP contribution is -2.34. The number of carbonyl (C=O) groups is 1. The standard InChI is InChI=1S/C11H13BrFNO2/c1-2-16-11(15)10(14)6-7-5-8(13)3-4-9(7)12/h3-5,10H,2,6,14H2,1H3. The van der Waals surface area contributed by atoms with E-state index in [4.69, 9.17) is 10.5 Å². The molecule has 0 aliphatic rings. The molecule has 5 heteroatoms. The maximum Gasteiger partial charge on any atom is 0.323 e. The average Bonchev–Trinajstić information content (AvgIpc) is 2.23. The van der Waals surface area contributed by atoms with E-state index in [1.807, 2.05) is 0 Å². The Labute approximate surface area is 102 Å². The molecule has 0 saturated heterocycles. The second-order valence-corrected chi connectivity index (χ2v) is 4.15. The van der Waals surface area contributed by atoms with Gasteiger partial charge in [-0.1, -0.05) is 15.9 Å². The van der Waals surface area contributed by atoms with Crippen molar-refractivity contribution in [1.29, 1.82) is 0 Å². The first-order valence-corrected chi connectivity index (χ1v) is 5.70. The van der Waals surface area contributed by atoms with Crippen LogP contribution in [0.15, 0.2) is 22.7 Å². The van der Waals surface area contributed by atoms with E-state index < -0.39 is 12.0 Å². The van der Waals surface area contributed by atoms with Crippen LogP contribution in [0.1, 0.15) is 12.5 Å². The number of ether oxygens (including phenoxy) is 1. The summed E-state index contributed by atoms with van der Waals surface area (Å²) in [6.07, 6.45) is 0.247. The summed E-state index contributed by atoms with van der Waals surface area (Å²) in [5, 5.41) is 0. The smallest absolute Gasteiger partial charge is 0.323 e. The molecule has 0 heterocycles. The number of carbonyl (C=O) groups excluding carboxylic acids is 1. The molecule has 3 nitrogen and oxygen atoms in total. The van der Waals surface area contributed by atoms with Crippen LogP contribution in [0.4, 0.5) is 4.39 Å². The van der Waals surface area contributed by atoms with Crippen molar-refractivity contribution in [2.24, 2.45) is 5.73 Å². The molecule has 0 fully saturated rings. The van der Waals surface area contributed by atoms with Crippen LogP contribution in [-0.4, -0.2) is 18.6 Å². The van der Waals surface area contributed by atoms with E-state index in [0.29, 0.717) is 5.56 Å². The molecule has 1 aromatic carbocycles. The maximum atomic E-state index is 13.0. The lowest BCUT2D eigenvalue weighted by molar-refractivity contribution is -0.144. The Bertz CT molecular complexity index is 384. The van der Waals surface area contributed by atoms with Crippen molar-refractivity contribution < 1.29 is 13.9 Å². The summed E-state index contributed by atoms with van der Waals surface area (Å²) in [7, 11) is 0. The topological polar surface area (TPSA) is 52.3 Å². The van der Waals surface area contributed by atoms with Crippen molar-refractivity contribution in [3.05, 3.63) is 34.1 Å². The van der Waals surface area contributed by atoms with Crippen molar-refractivity contribution in [2.45, 2.75) is 19.4 Å². The first-order valence-electron chi connectivity index (χ1n) is 4.90. The summed E-state index contributed by atoms with van der Waals surface area (Å²) in [5.41, 5.74) is 6.29. The Hall–Kier alpha value is -0.940. The molecule has 88 valence electrons. The summed E-state index contributed by atoms with van der Waals surface area (Å²) < 4.78 is 18.5. The average molecular weight is 290 g/mol. The minimum Gasteiger partial charge on any atom is -0.465 e. The van der Waals surface area contributed by atoms with E-state index >= 15 is 0 Å². The Morgan fingerprint density at radius 2 is 2.31 bits per heavy atom. The molecule has 16 heavy (non-hydrogen) atoms. The molecule has 0 aromatic heterocycles. The number of benzene rings is 1. The van der Waals surface area contributed by atoms with Crippen LogP contribution in [-0.2, 0) is 16.0 Å². The van der Waals surface area contributed by atoms with Gasteiger partial charge in [0.05, 0.1) is 6.61 Å². The normalized spacial score (nSPS) is 12.2. The van der Waals surface area contributed by atoms with Gasteiger partial charge in [0.2, 0.25) is 0 Å². The van der Waals surface area contributed by atoms with Crippen molar-refractivity contribution in [2.75, 3.05) is 6.61 Å². The number of halogens is 2. The van der Waals surface area contributed by atoms with E-state index in [9.17, 15) is 9.18 Å². The Morgan fingerprint density at radius 3 is 2.94 bits per heavy atom. The predicted octanol–water partition coefficient (Wildman–Crippen LogP) is 2.02. The minimum atomic E-state index is -0.766. The van der Waals surface area contributed by atoms with Gasteiger partial charge in [-0.3, -0.25) is 4.79 Å². The first-order chi connectivity index (χ1) is 7.54. The zero-order chi connectivity index (χ0) is 12.1. The van der Waals surface area contributed by atoms with Gasteiger partial charge in [-0.25, -0.2) is 4.39 Å². The lowest BCUT2D eigenvalue weighted by atomic mass is 10.1. The third-order valence-corrected chi connectivity index (χ3v) is 2.81. The molecule has 1 aromatic rings. The van der Waals surface area contributed by atoms with Crippen LogP contribution in [0.3, 0.4) is 0 Å². The second-order valence-electron chi connectivity index (χ2n) is 3.30. The Morgan fingerprint density at radius 1 is 1.62 bits per heavy atom. The zero-order valence-corrected chi connectivity index (χ0v) is 10.5. The fourth-order valence-corrected chi connectivity index (χ4v) is 1.68. The van der Waals surface area contributed by atoms with Crippen LogP contribution < -0.4 is 5.73 Å². The largest absolute Gasteiger partial charge is 0.465 e. The van der Waals surface area contributed by atoms with Crippen molar-refractivity contribution in [1.82, 2.24) is 0 Å². The number of esters is 1. The van der Waals surface area contributed by atoms with Crippen LogP contribution in [0, 0.1) is 5.82 Å². The van der Waals surface area contributed by atoms with E-state index in [2.05, 4.69) is 15.9 Å². The van der Waals surface area contributed by atoms with Gasteiger partial charge in [0.1, 0.15) is 11.9 Å². The highest BCUT2D eigenvalue weighted by atomic mass is 79.9. The number of hydrogen-bond acceptors (Lipinski definition) is 3. The highest BCUT2D eigenvalue weighted by Gasteiger charge is 2.16. The monoisotopic (exact) mass is 289 g/mol. The second kappa shape index (κ2) is 5.96. The lowest BCUT2D eigenvalue weighted by Gasteiger charge is -2.11. The summed E-state index contributed by atoms with van der Waals surface area (Å²) >= 11 is 3.27. The third kappa shape index (κ3) is 3.57. The highest BCUT2D eigenvalue weighted by molar-refractivity contribution is 9.10. The van der Waals surface area contributed by atoms with E-state index in [1.54, 1.807) is 13.0 Å². The molecule has 0 bridgehead atoms. The highest BCUT2D eigenvalue weighted by Crippen LogP contribution is 2.19. The van der Waals surface area contributed by atoms with Gasteiger partial charge in [0, 0.05) is 4.47 Å². The summed E-state index contributed by atoms with van der Waals surface area (Å²) in [6.45, 7) is 2.00. The third-order valence-electron chi connectivity index (χ3n) is 2.04. The minimum absolute atomic E-state index is 0.247. The summed E-state index contributed by atoms with van der Waals surface area (Å²) in [4.78, 5) is 11.3. The molecular weight excluding hydrogens is 277 g/mol. The Kier molecular flexibility index (Phi) is 4.89. The number of nitrogens with two attached hydrogens (primary N) is 1. The van der Waals surface area contributed by atoms with Gasteiger partial charge < -0.3 is 10.5 Å². The first kappa shape index (κ1) is 13.1. The molecule has 0 amide bonds. The maximum absolute atomic E-state index is 13.0. The van der Waals surface area contributed by atoms with Gasteiger partial charge in [0.15, 0.2) is 0 Å². The van der Waals surface area contributed by atoms with E-state index in [-0.39, 0.29) is 18.8 Å². The molecule has 1 atom stereocenters. The van der Waals surface area contributed by atoms with Gasteiger partial charge in [-0.05, 0) is 37.1 Å². The quantitative estimate of drug-likeness (QED) is 0.863. The molecule has 2 N–H and O–H groups in total. The van der Waals surface area contributed by atoms with Gasteiger partial charge >= 0.3 is 5.97 Å². The van der Waals surface area contributed by atoms with Gasteiger partial charge in [-0.2, -0.15) is 0 Å². The SMILES string of the molecule is CCOC(=O)C(N)Cc1cc(F)ccc1Br. The van der Waals surface area contributed by atoms with Gasteiger partial charge in [0.25, 0.3) is 0 Å². The predicted molar refractivity (Wildman–Crippen MR) is 62.4 cm³/mol. The van der Waals surface area contributed by atoms with Crippen molar-refractivity contribution in [3.63, 3.8) is 0 Å². The molecule has 0 radical (unpaired) electrons. The fraction of sp³-hybridized carbons (Fsp3) is 0.364. The van der Waals surface area contributed by atoms with Crippen molar-refractivity contribution in [3.8, 4) is 0 Å². The zero-order valence-electron chi connectivity index (χ0n) is 8.87. The molecule has 0 spiro atoms. The molecule has 0 saturated carbocycles. The molecule has 0 aliphatic heterocycles. The van der Waals surface area contributed by atoms with Crippen LogP contribution in [0.5, 0.6) is 0 Å². The van der Waals surface area contributed by atoms with Crippen molar-refractivity contribution >= 4 is 21.9 Å². The number of rotatable bonds is 4. The van der Waals surface area contributed by atoms with E-state index in [0.717, 1.165) is 4.47 Å². The molecule has 1 rings (SSSR count). The summed E-state index contributed by atoms with van der Waals surface area (Å²) in [5.74, 6) is -0.826. The number of hydrogen-bond donors (Lipinski definition) is 1.